The van der Waals surface area contributed by atoms with Crippen LogP contribution in [-0.4, -0.2) is 48.5 Å². The van der Waals surface area contributed by atoms with E-state index in [1.807, 2.05) is 19.1 Å². The second-order valence-electron chi connectivity index (χ2n) is 8.32. The number of carbonyl (C=O) groups excluding carboxylic acids is 1. The molecule has 4 aromatic rings. The van der Waals surface area contributed by atoms with Crippen LogP contribution in [-0.2, 0) is 0 Å². The van der Waals surface area contributed by atoms with Crippen molar-refractivity contribution in [3.05, 3.63) is 65.8 Å². The summed E-state index contributed by atoms with van der Waals surface area (Å²) in [6.45, 7) is 1.82. The van der Waals surface area contributed by atoms with Gasteiger partial charge >= 0.3 is 0 Å². The van der Waals surface area contributed by atoms with Crippen LogP contribution >= 0.6 is 0 Å². The molecule has 1 fully saturated rings. The Kier molecular flexibility index (Phi) is 5.89. The van der Waals surface area contributed by atoms with Gasteiger partial charge in [0.1, 0.15) is 23.6 Å². The number of halogens is 1. The van der Waals surface area contributed by atoms with E-state index in [2.05, 4.69) is 35.6 Å². The van der Waals surface area contributed by atoms with Crippen molar-refractivity contribution in [2.45, 2.75) is 38.1 Å². The molecule has 4 aromatic heterocycles. The van der Waals surface area contributed by atoms with Crippen molar-refractivity contribution in [2.75, 3.05) is 17.2 Å². The standard InChI is InChI=1S/C24H24FN7O2/c1-2-14(11-33)31-24-20-17(10-27-23(20)28-12-29-24)21(34)16-6-8-19(32-22(16)25)30-15-5-7-18(26-9-15)13-3-4-13/h5-10,12-14,33H,2-4,11H2,1H3,(H,30,32)(H2,27,28,29,31)/t14-/m1/s1. The van der Waals surface area contributed by atoms with Gasteiger partial charge in [0.15, 0.2) is 5.78 Å². The number of nitrogens with zero attached hydrogens (tertiary/aromatic N) is 4. The lowest BCUT2D eigenvalue weighted by atomic mass is 10.0. The number of anilines is 3. The summed E-state index contributed by atoms with van der Waals surface area (Å²) in [5.74, 6) is -0.220. The summed E-state index contributed by atoms with van der Waals surface area (Å²) < 4.78 is 14.9. The van der Waals surface area contributed by atoms with Gasteiger partial charge in [0, 0.05) is 17.8 Å². The molecule has 0 spiro atoms. The summed E-state index contributed by atoms with van der Waals surface area (Å²) in [6.07, 6.45) is 7.52. The number of nitrogens with one attached hydrogen (secondary N) is 3. The van der Waals surface area contributed by atoms with Gasteiger partial charge in [0.25, 0.3) is 0 Å². The number of carbonyl (C=O) groups is 1. The lowest BCUT2D eigenvalue weighted by Crippen LogP contribution is -2.23. The predicted octanol–water partition coefficient (Wildman–Crippen LogP) is 3.92. The smallest absolute Gasteiger partial charge is 0.226 e. The molecule has 0 amide bonds. The zero-order valence-electron chi connectivity index (χ0n) is 18.5. The number of pyridine rings is 2. The topological polar surface area (TPSA) is 129 Å². The zero-order valence-corrected chi connectivity index (χ0v) is 18.5. The van der Waals surface area contributed by atoms with Crippen molar-refractivity contribution >= 4 is 34.1 Å². The normalized spacial score (nSPS) is 14.2. The number of aromatic nitrogens is 5. The molecule has 0 saturated heterocycles. The molecule has 4 N–H and O–H groups in total. The van der Waals surface area contributed by atoms with Gasteiger partial charge in [-0.1, -0.05) is 6.92 Å². The van der Waals surface area contributed by atoms with Gasteiger partial charge in [0.2, 0.25) is 5.95 Å². The molecule has 34 heavy (non-hydrogen) atoms. The molecule has 5 rings (SSSR count). The highest BCUT2D eigenvalue weighted by Gasteiger charge is 2.25. The maximum atomic E-state index is 14.9. The molecule has 0 unspecified atom stereocenters. The minimum Gasteiger partial charge on any atom is -0.394 e. The molecular formula is C24H24FN7O2. The van der Waals surface area contributed by atoms with E-state index in [1.165, 1.54) is 31.4 Å². The van der Waals surface area contributed by atoms with Crippen LogP contribution in [0.1, 0.15) is 53.7 Å². The number of hydrogen-bond acceptors (Lipinski definition) is 8. The highest BCUT2D eigenvalue weighted by Crippen LogP contribution is 2.39. The lowest BCUT2D eigenvalue weighted by molar-refractivity contribution is 0.103. The number of aliphatic hydroxyl groups is 1. The van der Waals surface area contributed by atoms with E-state index in [1.54, 1.807) is 12.3 Å². The summed E-state index contributed by atoms with van der Waals surface area (Å²) >= 11 is 0. The fourth-order valence-electron chi connectivity index (χ4n) is 3.79. The predicted molar refractivity (Wildman–Crippen MR) is 126 cm³/mol. The number of aliphatic hydroxyl groups excluding tert-OH is 1. The molecule has 1 aliphatic rings. The van der Waals surface area contributed by atoms with E-state index >= 15 is 0 Å². The van der Waals surface area contributed by atoms with Gasteiger partial charge < -0.3 is 20.7 Å². The molecule has 9 nitrogen and oxygen atoms in total. The van der Waals surface area contributed by atoms with Crippen LogP contribution in [0.25, 0.3) is 11.0 Å². The molecule has 0 bridgehead atoms. The zero-order chi connectivity index (χ0) is 23.7. The van der Waals surface area contributed by atoms with Crippen molar-refractivity contribution < 1.29 is 14.3 Å². The average Bonchev–Trinajstić information content (AvgIpc) is 3.61. The summed E-state index contributed by atoms with van der Waals surface area (Å²) in [5.41, 5.74) is 2.23. The van der Waals surface area contributed by atoms with Crippen LogP contribution in [0.3, 0.4) is 0 Å². The number of H-pyrrole nitrogens is 1. The highest BCUT2D eigenvalue weighted by atomic mass is 19.1. The van der Waals surface area contributed by atoms with Gasteiger partial charge in [-0.05, 0) is 43.5 Å². The quantitative estimate of drug-likeness (QED) is 0.218. The van der Waals surface area contributed by atoms with Crippen LogP contribution in [0.15, 0.2) is 43.0 Å². The fraction of sp³-hybridized carbons (Fsp3) is 0.292. The molecule has 1 aliphatic carbocycles. The van der Waals surface area contributed by atoms with E-state index in [4.69, 9.17) is 0 Å². The monoisotopic (exact) mass is 461 g/mol. The molecule has 10 heteroatoms. The summed E-state index contributed by atoms with van der Waals surface area (Å²) in [7, 11) is 0. The van der Waals surface area contributed by atoms with E-state index in [9.17, 15) is 14.3 Å². The Morgan fingerprint density at radius 2 is 2.06 bits per heavy atom. The Balaban J connectivity index is 1.40. The Labute approximate surface area is 194 Å². The van der Waals surface area contributed by atoms with Gasteiger partial charge in [-0.3, -0.25) is 9.78 Å². The maximum absolute atomic E-state index is 14.9. The van der Waals surface area contributed by atoms with Gasteiger partial charge in [-0.15, -0.1) is 0 Å². The maximum Gasteiger partial charge on any atom is 0.226 e. The first-order valence-corrected chi connectivity index (χ1v) is 11.2. The molecule has 1 saturated carbocycles. The van der Waals surface area contributed by atoms with Crippen molar-refractivity contribution in [1.82, 2.24) is 24.9 Å². The van der Waals surface area contributed by atoms with Crippen LogP contribution in [0, 0.1) is 5.95 Å². The third kappa shape index (κ3) is 4.32. The Bertz CT molecular complexity index is 1330. The molecule has 4 heterocycles. The number of fused-ring (bicyclic) bond motifs is 1. The Morgan fingerprint density at radius 3 is 2.74 bits per heavy atom. The molecule has 1 atom stereocenters. The number of hydrogen-bond donors (Lipinski definition) is 4. The first kappa shape index (κ1) is 21.9. The fourth-order valence-corrected chi connectivity index (χ4v) is 3.79. The van der Waals surface area contributed by atoms with Crippen LogP contribution in [0.5, 0.6) is 0 Å². The van der Waals surface area contributed by atoms with Gasteiger partial charge in [0.05, 0.1) is 41.0 Å². The van der Waals surface area contributed by atoms with Crippen molar-refractivity contribution in [2.24, 2.45) is 0 Å². The van der Waals surface area contributed by atoms with Crippen molar-refractivity contribution in [3.63, 3.8) is 0 Å². The number of aromatic amines is 1. The molecular weight excluding hydrogens is 437 g/mol. The van der Waals surface area contributed by atoms with Crippen LogP contribution < -0.4 is 10.6 Å². The third-order valence-corrected chi connectivity index (χ3v) is 5.92. The van der Waals surface area contributed by atoms with Crippen molar-refractivity contribution in [3.8, 4) is 0 Å². The first-order chi connectivity index (χ1) is 16.6. The number of rotatable bonds is 9. The first-order valence-electron chi connectivity index (χ1n) is 11.2. The van der Waals surface area contributed by atoms with Gasteiger partial charge in [-0.25, -0.2) is 15.0 Å². The van der Waals surface area contributed by atoms with E-state index in [0.717, 1.165) is 5.69 Å². The summed E-state index contributed by atoms with van der Waals surface area (Å²) in [5, 5.41) is 16.1. The minimum atomic E-state index is -0.889. The van der Waals surface area contributed by atoms with E-state index in [-0.39, 0.29) is 29.6 Å². The summed E-state index contributed by atoms with van der Waals surface area (Å²) in [4.78, 5) is 32.9. The molecule has 0 radical (unpaired) electrons. The highest BCUT2D eigenvalue weighted by molar-refractivity contribution is 6.18. The molecule has 174 valence electrons. The second kappa shape index (κ2) is 9.14. The second-order valence-corrected chi connectivity index (χ2v) is 8.32. The van der Waals surface area contributed by atoms with Crippen molar-refractivity contribution in [1.29, 1.82) is 0 Å². The third-order valence-electron chi connectivity index (χ3n) is 5.92. The SMILES string of the molecule is CC[C@H](CO)Nc1ncnc2[nH]cc(C(=O)c3ccc(Nc4ccc(C5CC5)nc4)nc3F)c12. The largest absolute Gasteiger partial charge is 0.394 e. The summed E-state index contributed by atoms with van der Waals surface area (Å²) in [6, 6.07) is 6.55. The van der Waals surface area contributed by atoms with Crippen LogP contribution in [0.2, 0.25) is 0 Å². The van der Waals surface area contributed by atoms with Gasteiger partial charge in [-0.2, -0.15) is 4.39 Å². The van der Waals surface area contributed by atoms with E-state index < -0.39 is 11.7 Å². The Morgan fingerprint density at radius 1 is 1.21 bits per heavy atom. The lowest BCUT2D eigenvalue weighted by Gasteiger charge is -2.15. The number of ketones is 1. The average molecular weight is 462 g/mol. The van der Waals surface area contributed by atoms with E-state index in [0.29, 0.717) is 34.9 Å². The Hall–Kier alpha value is -3.92. The van der Waals surface area contributed by atoms with Crippen LogP contribution in [0.4, 0.5) is 21.7 Å². The minimum absolute atomic E-state index is 0.0957. The molecule has 0 aliphatic heterocycles. The molecule has 0 aromatic carbocycles.